The molecular weight excluding hydrogens is 506 g/mol. The third kappa shape index (κ3) is 6.50. The van der Waals surface area contributed by atoms with Gasteiger partial charge in [-0.05, 0) is 72.9 Å². The first kappa shape index (κ1) is 26.5. The fourth-order valence-electron chi connectivity index (χ4n) is 4.77. The molecule has 0 spiro atoms. The van der Waals surface area contributed by atoms with E-state index in [9.17, 15) is 4.79 Å². The molecule has 4 aromatic carbocycles. The third-order valence-corrected chi connectivity index (χ3v) is 7.22. The van der Waals surface area contributed by atoms with Crippen molar-refractivity contribution in [2.45, 2.75) is 39.3 Å². The van der Waals surface area contributed by atoms with Gasteiger partial charge < -0.3 is 14.6 Å². The van der Waals surface area contributed by atoms with E-state index in [2.05, 4.69) is 40.2 Å². The van der Waals surface area contributed by atoms with E-state index in [1.807, 2.05) is 80.6 Å². The predicted molar refractivity (Wildman–Crippen MR) is 158 cm³/mol. The molecule has 5 aromatic rings. The number of rotatable bonds is 10. The third-order valence-electron chi connectivity index (χ3n) is 6.80. The molecule has 39 heavy (non-hydrogen) atoms. The molecule has 0 radical (unpaired) electrons. The summed E-state index contributed by atoms with van der Waals surface area (Å²) in [4.78, 5) is 17.8. The number of para-hydroxylation sites is 2. The van der Waals surface area contributed by atoms with Crippen molar-refractivity contribution in [1.29, 1.82) is 0 Å². The van der Waals surface area contributed by atoms with Crippen LogP contribution in [0.3, 0.4) is 0 Å². The van der Waals surface area contributed by atoms with Gasteiger partial charge in [0.15, 0.2) is 0 Å². The van der Waals surface area contributed by atoms with Gasteiger partial charge in [0.05, 0.1) is 30.1 Å². The second-order valence-electron chi connectivity index (χ2n) is 9.75. The Balaban J connectivity index is 1.22. The van der Waals surface area contributed by atoms with E-state index in [0.717, 1.165) is 62.8 Å². The smallest absolute Gasteiger partial charge is 0.224 e. The lowest BCUT2D eigenvalue weighted by Crippen LogP contribution is -2.30. The van der Waals surface area contributed by atoms with Gasteiger partial charge in [0.1, 0.15) is 11.6 Å². The van der Waals surface area contributed by atoms with Crippen molar-refractivity contribution < 1.29 is 9.53 Å². The molecule has 1 heterocycles. The molecule has 1 atom stereocenters. The molecule has 0 aliphatic rings. The van der Waals surface area contributed by atoms with Crippen LogP contribution in [0.4, 0.5) is 0 Å². The maximum Gasteiger partial charge on any atom is 0.224 e. The van der Waals surface area contributed by atoms with Crippen molar-refractivity contribution >= 4 is 28.5 Å². The van der Waals surface area contributed by atoms with Gasteiger partial charge in [0.2, 0.25) is 5.91 Å². The molecule has 0 aliphatic heterocycles. The zero-order valence-electron chi connectivity index (χ0n) is 22.2. The summed E-state index contributed by atoms with van der Waals surface area (Å²) in [7, 11) is 0. The van der Waals surface area contributed by atoms with Gasteiger partial charge in [0.25, 0.3) is 0 Å². The monoisotopic (exact) mass is 537 g/mol. The number of carbonyl (C=O) groups is 1. The van der Waals surface area contributed by atoms with Crippen LogP contribution in [0.15, 0.2) is 97.1 Å². The van der Waals surface area contributed by atoms with Crippen molar-refractivity contribution in [3.8, 4) is 16.9 Å². The van der Waals surface area contributed by atoms with Crippen LogP contribution in [0.25, 0.3) is 22.2 Å². The second-order valence-corrected chi connectivity index (χ2v) is 10.2. The molecule has 0 bridgehead atoms. The number of aryl methyl sites for hydroxylation is 2. The normalized spacial score (nSPS) is 11.9. The summed E-state index contributed by atoms with van der Waals surface area (Å²) in [6.07, 6.45) is 1.11. The van der Waals surface area contributed by atoms with E-state index in [1.54, 1.807) is 0 Å². The Morgan fingerprint density at radius 3 is 2.44 bits per heavy atom. The first-order valence-electron chi connectivity index (χ1n) is 13.3. The molecule has 1 aromatic heterocycles. The first-order chi connectivity index (χ1) is 19.0. The molecule has 198 valence electrons. The van der Waals surface area contributed by atoms with Crippen LogP contribution < -0.4 is 10.1 Å². The van der Waals surface area contributed by atoms with Crippen LogP contribution in [0.2, 0.25) is 5.02 Å². The van der Waals surface area contributed by atoms with Crippen molar-refractivity contribution in [3.63, 3.8) is 0 Å². The number of carbonyl (C=O) groups excluding carboxylic acids is 1. The molecule has 0 aliphatic carbocycles. The maximum absolute atomic E-state index is 13.0. The molecule has 6 heteroatoms. The fourth-order valence-corrected chi connectivity index (χ4v) is 4.89. The zero-order chi connectivity index (χ0) is 27.2. The van der Waals surface area contributed by atoms with E-state index in [1.165, 1.54) is 0 Å². The van der Waals surface area contributed by atoms with Gasteiger partial charge in [-0.1, -0.05) is 78.3 Å². The Hall–Kier alpha value is -4.09. The highest BCUT2D eigenvalue weighted by molar-refractivity contribution is 6.31. The van der Waals surface area contributed by atoms with Crippen LogP contribution in [0.1, 0.15) is 36.3 Å². The van der Waals surface area contributed by atoms with Crippen LogP contribution in [0, 0.1) is 6.92 Å². The van der Waals surface area contributed by atoms with E-state index in [0.29, 0.717) is 13.0 Å². The number of imidazole rings is 1. The minimum atomic E-state index is -0.242. The molecular formula is C33H32ClN3O2. The van der Waals surface area contributed by atoms with E-state index >= 15 is 0 Å². The van der Waals surface area contributed by atoms with Crippen molar-refractivity contribution in [2.75, 3.05) is 6.61 Å². The van der Waals surface area contributed by atoms with Crippen molar-refractivity contribution in [1.82, 2.24) is 14.9 Å². The second kappa shape index (κ2) is 12.2. The maximum atomic E-state index is 13.0. The summed E-state index contributed by atoms with van der Waals surface area (Å²) in [5.41, 5.74) is 6.23. The average molecular weight is 538 g/mol. The van der Waals surface area contributed by atoms with Gasteiger partial charge in [-0.25, -0.2) is 4.98 Å². The zero-order valence-corrected chi connectivity index (χ0v) is 23.0. The summed E-state index contributed by atoms with van der Waals surface area (Å²) in [5, 5.41) is 3.89. The summed E-state index contributed by atoms with van der Waals surface area (Å²) in [6, 6.07) is 31.9. The Bertz CT molecular complexity index is 1560. The van der Waals surface area contributed by atoms with Crippen molar-refractivity contribution in [3.05, 3.63) is 119 Å². The molecule has 1 N–H and O–H groups in total. The van der Waals surface area contributed by atoms with Crippen LogP contribution in [-0.2, 0) is 17.8 Å². The lowest BCUT2D eigenvalue weighted by atomic mass is 10.0. The average Bonchev–Trinajstić information content (AvgIpc) is 3.32. The van der Waals surface area contributed by atoms with Crippen LogP contribution in [0.5, 0.6) is 5.75 Å². The van der Waals surface area contributed by atoms with Crippen LogP contribution in [-0.4, -0.2) is 22.1 Å². The number of ether oxygens (including phenoxy) is 1. The highest BCUT2D eigenvalue weighted by Gasteiger charge is 2.18. The summed E-state index contributed by atoms with van der Waals surface area (Å²) < 4.78 is 8.14. The van der Waals surface area contributed by atoms with Gasteiger partial charge in [-0.15, -0.1) is 0 Å². The Morgan fingerprint density at radius 1 is 0.949 bits per heavy atom. The molecule has 5 nitrogen and oxygen atoms in total. The number of nitrogens with zero attached hydrogens (tertiary/aromatic N) is 2. The van der Waals surface area contributed by atoms with E-state index in [-0.39, 0.29) is 11.9 Å². The molecule has 0 fully saturated rings. The van der Waals surface area contributed by atoms with E-state index in [4.69, 9.17) is 21.3 Å². The minimum Gasteiger partial charge on any atom is -0.494 e. The molecule has 0 saturated carbocycles. The number of hydrogen-bond donors (Lipinski definition) is 1. The number of amides is 1. The van der Waals surface area contributed by atoms with Gasteiger partial charge in [0, 0.05) is 11.6 Å². The lowest BCUT2D eigenvalue weighted by Gasteiger charge is -2.17. The highest BCUT2D eigenvalue weighted by Crippen LogP contribution is 2.24. The fraction of sp³-hybridized carbons (Fsp3) is 0.212. The van der Waals surface area contributed by atoms with Crippen LogP contribution >= 0.6 is 11.6 Å². The highest BCUT2D eigenvalue weighted by atomic mass is 35.5. The van der Waals surface area contributed by atoms with Gasteiger partial charge in [-0.2, -0.15) is 0 Å². The Kier molecular flexibility index (Phi) is 8.28. The Morgan fingerprint density at radius 2 is 1.67 bits per heavy atom. The number of aromatic nitrogens is 2. The number of halogens is 1. The molecule has 1 amide bonds. The largest absolute Gasteiger partial charge is 0.494 e. The van der Waals surface area contributed by atoms with E-state index < -0.39 is 0 Å². The standard InChI is InChI=1S/C33H32ClN3O2/c1-23-21-28(17-18-29(23)34)39-20-8-19-37-31-12-7-6-11-30(31)36-33(37)24(2)35-32(38)22-25-13-15-27(16-14-25)26-9-4-3-5-10-26/h3-7,9-18,21,24H,8,19-20,22H2,1-2H3,(H,35,38). The SMILES string of the molecule is Cc1cc(OCCCn2c(C(C)NC(=O)Cc3ccc(-c4ccccc4)cc3)nc3ccccc32)ccc1Cl. The molecule has 5 rings (SSSR count). The number of fused-ring (bicyclic) bond motifs is 1. The minimum absolute atomic E-state index is 0.0324. The Labute approximate surface area is 234 Å². The lowest BCUT2D eigenvalue weighted by molar-refractivity contribution is -0.121. The summed E-state index contributed by atoms with van der Waals surface area (Å²) >= 11 is 6.13. The topological polar surface area (TPSA) is 56.1 Å². The molecule has 0 saturated heterocycles. The predicted octanol–water partition coefficient (Wildman–Crippen LogP) is 7.55. The number of hydrogen-bond acceptors (Lipinski definition) is 3. The number of benzene rings is 4. The van der Waals surface area contributed by atoms with Gasteiger partial charge >= 0.3 is 0 Å². The summed E-state index contributed by atoms with van der Waals surface area (Å²) in [6.45, 7) is 5.24. The number of nitrogens with one attached hydrogen (secondary N) is 1. The van der Waals surface area contributed by atoms with Crippen molar-refractivity contribution in [2.24, 2.45) is 0 Å². The quantitative estimate of drug-likeness (QED) is 0.187. The van der Waals surface area contributed by atoms with Gasteiger partial charge in [-0.3, -0.25) is 4.79 Å². The molecule has 1 unspecified atom stereocenters. The summed E-state index contributed by atoms with van der Waals surface area (Å²) in [5.74, 6) is 1.62. The first-order valence-corrected chi connectivity index (χ1v) is 13.6.